The minimum atomic E-state index is -0.309. The highest BCUT2D eigenvalue weighted by molar-refractivity contribution is 6.29. The second-order valence-electron chi connectivity index (χ2n) is 6.08. The number of benzene rings is 1. The van der Waals surface area contributed by atoms with Gasteiger partial charge in [0, 0.05) is 32.4 Å². The third-order valence-electron chi connectivity index (χ3n) is 3.82. The van der Waals surface area contributed by atoms with E-state index in [2.05, 4.69) is 25.9 Å². The Kier molecular flexibility index (Phi) is 9.21. The van der Waals surface area contributed by atoms with Crippen LogP contribution in [0.5, 0.6) is 0 Å². The highest BCUT2D eigenvalue weighted by Crippen LogP contribution is 2.05. The van der Waals surface area contributed by atoms with Gasteiger partial charge in [0.05, 0.1) is 6.42 Å². The van der Waals surface area contributed by atoms with Crippen LogP contribution < -0.4 is 16.0 Å². The van der Waals surface area contributed by atoms with Gasteiger partial charge in [-0.2, -0.15) is 0 Å². The number of carbonyl (C=O) groups excluding carboxylic acids is 1. The number of rotatable bonds is 9. The molecule has 0 unspecified atom stereocenters. The van der Waals surface area contributed by atoms with Gasteiger partial charge in [-0.3, -0.25) is 9.79 Å². The average molecular weight is 406 g/mol. The van der Waals surface area contributed by atoms with Crippen LogP contribution in [0.2, 0.25) is 5.15 Å². The third kappa shape index (κ3) is 8.35. The Bertz CT molecular complexity index is 765. The summed E-state index contributed by atoms with van der Waals surface area (Å²) in [5.74, 6) is 0.277. The summed E-state index contributed by atoms with van der Waals surface area (Å²) in [7, 11) is 0. The Hall–Kier alpha value is -2.67. The number of guanidine groups is 1. The molecule has 0 saturated heterocycles. The van der Waals surface area contributed by atoms with Crippen molar-refractivity contribution in [3.63, 3.8) is 0 Å². The standard InChI is InChI=1S/C20H25ClFN5O/c1-2-23-20(25-10-9-16-5-8-18(21)27-14-16)26-12-11-24-19(28)13-15-3-6-17(22)7-4-15/h3-8,14H,2,9-13H2,1H3,(H,24,28)(H2,23,25,26). The summed E-state index contributed by atoms with van der Waals surface area (Å²) in [5.41, 5.74) is 1.84. The van der Waals surface area contributed by atoms with E-state index in [1.807, 2.05) is 13.0 Å². The maximum Gasteiger partial charge on any atom is 0.224 e. The molecular formula is C20H25ClFN5O. The fourth-order valence-electron chi connectivity index (χ4n) is 2.43. The van der Waals surface area contributed by atoms with E-state index in [0.717, 1.165) is 24.1 Å². The number of aromatic nitrogens is 1. The van der Waals surface area contributed by atoms with Crippen molar-refractivity contribution in [2.75, 3.05) is 26.2 Å². The summed E-state index contributed by atoms with van der Waals surface area (Å²) in [4.78, 5) is 20.5. The molecule has 2 aromatic rings. The van der Waals surface area contributed by atoms with Crippen molar-refractivity contribution >= 4 is 23.5 Å². The number of amides is 1. The van der Waals surface area contributed by atoms with Crippen LogP contribution in [0, 0.1) is 5.82 Å². The van der Waals surface area contributed by atoms with E-state index in [9.17, 15) is 9.18 Å². The molecule has 1 aromatic heterocycles. The van der Waals surface area contributed by atoms with Crippen molar-refractivity contribution < 1.29 is 9.18 Å². The molecule has 0 saturated carbocycles. The number of pyridine rings is 1. The second kappa shape index (κ2) is 11.9. The highest BCUT2D eigenvalue weighted by atomic mass is 35.5. The largest absolute Gasteiger partial charge is 0.357 e. The number of aliphatic imine (C=N–C) groups is 1. The maximum atomic E-state index is 12.9. The number of carbonyl (C=O) groups is 1. The van der Waals surface area contributed by atoms with E-state index < -0.39 is 0 Å². The Balaban J connectivity index is 1.69. The summed E-state index contributed by atoms with van der Waals surface area (Å²) in [5, 5.41) is 9.65. The van der Waals surface area contributed by atoms with E-state index in [4.69, 9.17) is 11.6 Å². The van der Waals surface area contributed by atoms with Crippen LogP contribution in [0.1, 0.15) is 18.1 Å². The molecule has 2 rings (SSSR count). The van der Waals surface area contributed by atoms with E-state index in [0.29, 0.717) is 30.7 Å². The van der Waals surface area contributed by atoms with Gasteiger partial charge in [0.25, 0.3) is 0 Å². The molecule has 0 atom stereocenters. The number of halogens is 2. The zero-order valence-corrected chi connectivity index (χ0v) is 16.6. The lowest BCUT2D eigenvalue weighted by Gasteiger charge is -2.12. The van der Waals surface area contributed by atoms with Crippen LogP contribution in [-0.2, 0) is 17.6 Å². The number of hydrogen-bond acceptors (Lipinski definition) is 3. The molecule has 3 N–H and O–H groups in total. The van der Waals surface area contributed by atoms with Crippen molar-refractivity contribution in [1.29, 1.82) is 0 Å². The molecule has 0 radical (unpaired) electrons. The second-order valence-corrected chi connectivity index (χ2v) is 6.47. The van der Waals surface area contributed by atoms with Crippen LogP contribution in [0.4, 0.5) is 4.39 Å². The molecule has 0 aliphatic heterocycles. The predicted molar refractivity (Wildman–Crippen MR) is 110 cm³/mol. The lowest BCUT2D eigenvalue weighted by atomic mass is 10.1. The van der Waals surface area contributed by atoms with Crippen LogP contribution >= 0.6 is 11.6 Å². The monoisotopic (exact) mass is 405 g/mol. The quantitative estimate of drug-likeness (QED) is 0.259. The zero-order valence-electron chi connectivity index (χ0n) is 15.8. The van der Waals surface area contributed by atoms with Crippen LogP contribution in [0.25, 0.3) is 0 Å². The van der Waals surface area contributed by atoms with E-state index in [1.54, 1.807) is 24.4 Å². The molecule has 8 heteroatoms. The molecule has 0 bridgehead atoms. The Morgan fingerprint density at radius 2 is 1.79 bits per heavy atom. The first-order valence-electron chi connectivity index (χ1n) is 9.20. The molecule has 0 fully saturated rings. The molecule has 28 heavy (non-hydrogen) atoms. The molecule has 6 nitrogen and oxygen atoms in total. The first kappa shape index (κ1) is 21.6. The summed E-state index contributed by atoms with van der Waals surface area (Å²) < 4.78 is 12.9. The summed E-state index contributed by atoms with van der Waals surface area (Å²) >= 11 is 5.78. The first-order chi connectivity index (χ1) is 13.6. The lowest BCUT2D eigenvalue weighted by molar-refractivity contribution is -0.120. The number of nitrogens with zero attached hydrogens (tertiary/aromatic N) is 2. The third-order valence-corrected chi connectivity index (χ3v) is 4.04. The Labute approximate surface area is 169 Å². The Morgan fingerprint density at radius 1 is 1.07 bits per heavy atom. The molecule has 150 valence electrons. The van der Waals surface area contributed by atoms with E-state index in [1.165, 1.54) is 12.1 Å². The number of hydrogen-bond donors (Lipinski definition) is 3. The Morgan fingerprint density at radius 3 is 2.46 bits per heavy atom. The van der Waals surface area contributed by atoms with Crippen molar-refractivity contribution in [1.82, 2.24) is 20.9 Å². The van der Waals surface area contributed by atoms with Crippen LogP contribution in [0.3, 0.4) is 0 Å². The average Bonchev–Trinajstić information content (AvgIpc) is 2.68. The van der Waals surface area contributed by atoms with Gasteiger partial charge in [-0.25, -0.2) is 9.37 Å². The first-order valence-corrected chi connectivity index (χ1v) is 9.58. The van der Waals surface area contributed by atoms with Gasteiger partial charge < -0.3 is 16.0 Å². The normalized spacial score (nSPS) is 11.2. The van der Waals surface area contributed by atoms with Gasteiger partial charge in [0.15, 0.2) is 5.96 Å². The summed E-state index contributed by atoms with van der Waals surface area (Å²) in [6, 6.07) is 9.62. The van der Waals surface area contributed by atoms with Crippen LogP contribution in [-0.4, -0.2) is 43.0 Å². The smallest absolute Gasteiger partial charge is 0.224 e. The predicted octanol–water partition coefficient (Wildman–Crippen LogP) is 2.33. The van der Waals surface area contributed by atoms with Gasteiger partial charge in [0.2, 0.25) is 5.91 Å². The lowest BCUT2D eigenvalue weighted by Crippen LogP contribution is -2.41. The van der Waals surface area contributed by atoms with Gasteiger partial charge in [-0.05, 0) is 42.7 Å². The van der Waals surface area contributed by atoms with Crippen molar-refractivity contribution in [2.45, 2.75) is 19.8 Å². The zero-order chi connectivity index (χ0) is 20.2. The summed E-state index contributed by atoms with van der Waals surface area (Å²) in [6.45, 7) is 4.35. The molecule has 1 aromatic carbocycles. The van der Waals surface area contributed by atoms with E-state index in [-0.39, 0.29) is 18.1 Å². The van der Waals surface area contributed by atoms with Gasteiger partial charge in [-0.1, -0.05) is 29.8 Å². The SMILES string of the molecule is CCNC(=NCCc1ccc(Cl)nc1)NCCNC(=O)Cc1ccc(F)cc1. The number of nitrogens with one attached hydrogen (secondary N) is 3. The highest BCUT2D eigenvalue weighted by Gasteiger charge is 2.03. The van der Waals surface area contributed by atoms with Crippen LogP contribution in [0.15, 0.2) is 47.6 Å². The molecule has 1 heterocycles. The molecule has 0 aliphatic carbocycles. The minimum Gasteiger partial charge on any atom is -0.357 e. The van der Waals surface area contributed by atoms with Gasteiger partial charge >= 0.3 is 0 Å². The fraction of sp³-hybridized carbons (Fsp3) is 0.350. The van der Waals surface area contributed by atoms with Gasteiger partial charge in [0.1, 0.15) is 11.0 Å². The fourth-order valence-corrected chi connectivity index (χ4v) is 2.54. The topological polar surface area (TPSA) is 78.4 Å². The van der Waals surface area contributed by atoms with Gasteiger partial charge in [-0.15, -0.1) is 0 Å². The minimum absolute atomic E-state index is 0.106. The van der Waals surface area contributed by atoms with Crippen molar-refractivity contribution in [2.24, 2.45) is 4.99 Å². The molecule has 0 spiro atoms. The molecular weight excluding hydrogens is 381 g/mol. The van der Waals surface area contributed by atoms with Crippen molar-refractivity contribution in [3.05, 3.63) is 64.7 Å². The van der Waals surface area contributed by atoms with E-state index >= 15 is 0 Å². The molecule has 0 aliphatic rings. The summed E-state index contributed by atoms with van der Waals surface area (Å²) in [6.07, 6.45) is 2.73. The van der Waals surface area contributed by atoms with Crippen molar-refractivity contribution in [3.8, 4) is 0 Å². The molecule has 1 amide bonds. The maximum absolute atomic E-state index is 12.9.